The van der Waals surface area contributed by atoms with Crippen molar-refractivity contribution in [2.45, 2.75) is 75.0 Å². The van der Waals surface area contributed by atoms with E-state index in [0.717, 1.165) is 37.2 Å². The molecule has 1 aromatic heterocycles. The molecule has 0 spiro atoms. The van der Waals surface area contributed by atoms with Crippen LogP contribution in [0.5, 0.6) is 0 Å². The van der Waals surface area contributed by atoms with Gasteiger partial charge in [-0.1, -0.05) is 52.4 Å². The third-order valence-corrected chi connectivity index (χ3v) is 6.77. The van der Waals surface area contributed by atoms with E-state index in [2.05, 4.69) is 18.8 Å². The summed E-state index contributed by atoms with van der Waals surface area (Å²) in [5, 5.41) is 0.729. The maximum atomic E-state index is 14.9. The largest absolute Gasteiger partial charge is 0.366 e. The molecule has 0 saturated carbocycles. The highest BCUT2D eigenvalue weighted by molar-refractivity contribution is 8.02. The van der Waals surface area contributed by atoms with E-state index in [9.17, 15) is 8.78 Å². The Morgan fingerprint density at radius 2 is 1.16 bits per heavy atom. The SMILES string of the molecule is CCCCCCSc1c(SCCCCCC)c(F)c2c[nH]cc2c1F. The Hall–Kier alpha value is -0.680. The lowest BCUT2D eigenvalue weighted by Gasteiger charge is -2.13. The minimum absolute atomic E-state index is 0.269. The van der Waals surface area contributed by atoms with Gasteiger partial charge in [0, 0.05) is 23.2 Å². The summed E-state index contributed by atoms with van der Waals surface area (Å²) in [6.45, 7) is 4.35. The van der Waals surface area contributed by atoms with Gasteiger partial charge >= 0.3 is 0 Å². The maximum absolute atomic E-state index is 14.9. The summed E-state index contributed by atoms with van der Waals surface area (Å²) in [7, 11) is 0. The molecule has 2 rings (SSSR count). The van der Waals surface area contributed by atoms with Crippen molar-refractivity contribution < 1.29 is 8.78 Å². The number of nitrogens with one attached hydrogen (secondary N) is 1. The van der Waals surface area contributed by atoms with Crippen LogP contribution in [0.1, 0.15) is 65.2 Å². The van der Waals surface area contributed by atoms with Gasteiger partial charge in [0.15, 0.2) is 0 Å². The Morgan fingerprint density at radius 3 is 1.56 bits per heavy atom. The number of hydrogen-bond acceptors (Lipinski definition) is 2. The normalized spacial score (nSPS) is 11.5. The number of H-pyrrole nitrogens is 1. The van der Waals surface area contributed by atoms with Crippen LogP contribution in [0.3, 0.4) is 0 Å². The van der Waals surface area contributed by atoms with Crippen molar-refractivity contribution in [3.05, 3.63) is 24.0 Å². The zero-order valence-electron chi connectivity index (χ0n) is 15.3. The highest BCUT2D eigenvalue weighted by atomic mass is 32.2. The lowest BCUT2D eigenvalue weighted by atomic mass is 10.2. The molecule has 1 aromatic carbocycles. The van der Waals surface area contributed by atoms with E-state index in [1.165, 1.54) is 49.2 Å². The quantitative estimate of drug-likeness (QED) is 0.296. The van der Waals surface area contributed by atoms with Crippen LogP contribution in [0.15, 0.2) is 22.2 Å². The number of fused-ring (bicyclic) bond motifs is 1. The summed E-state index contributed by atoms with van der Waals surface area (Å²) in [6.07, 6.45) is 12.3. The minimum atomic E-state index is -0.269. The molecule has 1 heterocycles. The first-order chi connectivity index (χ1) is 12.2. The van der Waals surface area contributed by atoms with Gasteiger partial charge in [-0.25, -0.2) is 8.78 Å². The molecule has 0 aliphatic rings. The van der Waals surface area contributed by atoms with Crippen molar-refractivity contribution in [2.75, 3.05) is 11.5 Å². The summed E-state index contributed by atoms with van der Waals surface area (Å²) in [4.78, 5) is 3.85. The Balaban J connectivity index is 2.13. The van der Waals surface area contributed by atoms with Crippen molar-refractivity contribution in [3.63, 3.8) is 0 Å². The second-order valence-electron chi connectivity index (χ2n) is 6.39. The fourth-order valence-corrected chi connectivity index (χ4v) is 5.21. The van der Waals surface area contributed by atoms with Gasteiger partial charge < -0.3 is 4.98 Å². The fraction of sp³-hybridized carbons (Fsp3) is 0.600. The molecule has 0 fully saturated rings. The molecular weight excluding hydrogens is 356 g/mol. The molecule has 140 valence electrons. The number of benzene rings is 1. The molecule has 0 amide bonds. The van der Waals surface area contributed by atoms with E-state index in [-0.39, 0.29) is 11.6 Å². The molecule has 2 aromatic rings. The predicted octanol–water partition coefficient (Wildman–Crippen LogP) is 7.79. The van der Waals surface area contributed by atoms with Crippen molar-refractivity contribution in [3.8, 4) is 0 Å². The molecule has 0 atom stereocenters. The molecule has 0 saturated heterocycles. The van der Waals surface area contributed by atoms with Crippen LogP contribution in [0.25, 0.3) is 10.8 Å². The number of thioether (sulfide) groups is 2. The molecule has 0 bridgehead atoms. The third kappa shape index (κ3) is 5.65. The number of hydrogen-bond donors (Lipinski definition) is 1. The van der Waals surface area contributed by atoms with E-state index >= 15 is 0 Å². The van der Waals surface area contributed by atoms with Gasteiger partial charge in [0.2, 0.25) is 0 Å². The Morgan fingerprint density at radius 1 is 0.720 bits per heavy atom. The first-order valence-corrected chi connectivity index (χ1v) is 11.4. The van der Waals surface area contributed by atoms with E-state index in [1.807, 2.05) is 0 Å². The molecule has 25 heavy (non-hydrogen) atoms. The molecule has 5 heteroatoms. The smallest absolute Gasteiger partial charge is 0.147 e. The van der Waals surface area contributed by atoms with Gasteiger partial charge in [-0.3, -0.25) is 0 Å². The summed E-state index contributed by atoms with van der Waals surface area (Å²) in [5.74, 6) is 1.15. The van der Waals surface area contributed by atoms with Crippen molar-refractivity contribution >= 4 is 34.3 Å². The average molecular weight is 386 g/mol. The van der Waals surface area contributed by atoms with E-state index in [4.69, 9.17) is 0 Å². The molecule has 0 aliphatic heterocycles. The number of aromatic amines is 1. The lowest BCUT2D eigenvalue weighted by molar-refractivity contribution is 0.568. The molecule has 0 radical (unpaired) electrons. The number of aromatic nitrogens is 1. The monoisotopic (exact) mass is 385 g/mol. The van der Waals surface area contributed by atoms with Crippen molar-refractivity contribution in [1.82, 2.24) is 4.98 Å². The van der Waals surface area contributed by atoms with Gasteiger partial charge in [-0.15, -0.1) is 23.5 Å². The second-order valence-corrected chi connectivity index (χ2v) is 8.60. The topological polar surface area (TPSA) is 15.8 Å². The maximum Gasteiger partial charge on any atom is 0.147 e. The number of rotatable bonds is 12. The Labute approximate surface area is 158 Å². The molecule has 1 N–H and O–H groups in total. The average Bonchev–Trinajstić information content (AvgIpc) is 3.10. The summed E-state index contributed by atoms with van der Waals surface area (Å²) in [6, 6.07) is 0. The van der Waals surface area contributed by atoms with Gasteiger partial charge in [-0.2, -0.15) is 0 Å². The molecule has 0 unspecified atom stereocenters. The van der Waals surface area contributed by atoms with Crippen LogP contribution in [-0.4, -0.2) is 16.5 Å². The van der Waals surface area contributed by atoms with Gasteiger partial charge in [0.1, 0.15) is 11.6 Å². The zero-order chi connectivity index (χ0) is 18.1. The van der Waals surface area contributed by atoms with Gasteiger partial charge in [0.05, 0.1) is 9.79 Å². The van der Waals surface area contributed by atoms with Crippen LogP contribution < -0.4 is 0 Å². The molecule has 0 aliphatic carbocycles. The summed E-state index contributed by atoms with van der Waals surface area (Å²) < 4.78 is 29.9. The fourth-order valence-electron chi connectivity index (χ4n) is 2.83. The van der Waals surface area contributed by atoms with Crippen molar-refractivity contribution in [1.29, 1.82) is 0 Å². The van der Waals surface area contributed by atoms with E-state index in [1.54, 1.807) is 12.4 Å². The van der Waals surface area contributed by atoms with Crippen LogP contribution >= 0.6 is 23.5 Å². The molecular formula is C20H29F2NS2. The highest BCUT2D eigenvalue weighted by Gasteiger charge is 2.21. The zero-order valence-corrected chi connectivity index (χ0v) is 16.9. The number of unbranched alkanes of at least 4 members (excludes halogenated alkanes) is 6. The standard InChI is InChI=1S/C20H29F2NS2/c1-3-5-7-9-11-24-19-17(21)15-13-23-14-16(15)18(22)20(19)25-12-10-8-6-4-2/h13-14,23H,3-12H2,1-2H3. The van der Waals surface area contributed by atoms with Crippen LogP contribution in [0.2, 0.25) is 0 Å². The second kappa shape index (κ2) is 11.1. The Bertz CT molecular complexity index is 601. The Kier molecular flexibility index (Phi) is 9.18. The number of halogens is 2. The van der Waals surface area contributed by atoms with Gasteiger partial charge in [-0.05, 0) is 24.3 Å². The predicted molar refractivity (Wildman–Crippen MR) is 108 cm³/mol. The molecule has 1 nitrogen and oxygen atoms in total. The minimum Gasteiger partial charge on any atom is -0.366 e. The first kappa shape index (κ1) is 20.6. The van der Waals surface area contributed by atoms with E-state index < -0.39 is 0 Å². The van der Waals surface area contributed by atoms with Crippen LogP contribution in [0, 0.1) is 11.6 Å². The van der Waals surface area contributed by atoms with Crippen LogP contribution in [0.4, 0.5) is 8.78 Å². The highest BCUT2D eigenvalue weighted by Crippen LogP contribution is 2.41. The summed E-state index contributed by atoms with van der Waals surface area (Å²) in [5.41, 5.74) is 0. The lowest BCUT2D eigenvalue weighted by Crippen LogP contribution is -1.95. The third-order valence-electron chi connectivity index (χ3n) is 4.31. The van der Waals surface area contributed by atoms with Gasteiger partial charge in [0.25, 0.3) is 0 Å². The first-order valence-electron chi connectivity index (χ1n) is 9.43. The van der Waals surface area contributed by atoms with Crippen LogP contribution in [-0.2, 0) is 0 Å². The van der Waals surface area contributed by atoms with Crippen molar-refractivity contribution in [2.24, 2.45) is 0 Å². The summed E-state index contributed by atoms with van der Waals surface area (Å²) >= 11 is 2.95. The van der Waals surface area contributed by atoms with E-state index in [0.29, 0.717) is 20.6 Å².